The Morgan fingerprint density at radius 3 is 2.58 bits per heavy atom. The maximum absolute atomic E-state index is 13.2. The third kappa shape index (κ3) is 4.29. The van der Waals surface area contributed by atoms with E-state index in [0.29, 0.717) is 27.4 Å². The molecule has 0 aliphatic carbocycles. The predicted molar refractivity (Wildman–Crippen MR) is 120 cm³/mol. The molecule has 0 aliphatic heterocycles. The summed E-state index contributed by atoms with van der Waals surface area (Å²) in [6, 6.07) is 14.0. The Kier molecular flexibility index (Phi) is 5.73. The predicted octanol–water partition coefficient (Wildman–Crippen LogP) is 4.64. The van der Waals surface area contributed by atoms with Crippen LogP contribution in [0.4, 0.5) is 5.13 Å². The molecule has 2 aromatic heterocycles. The molecule has 0 saturated carbocycles. The molecule has 4 aromatic rings. The van der Waals surface area contributed by atoms with Gasteiger partial charge in [0.2, 0.25) is 11.2 Å². The molecule has 0 bridgehead atoms. The van der Waals surface area contributed by atoms with Crippen molar-refractivity contribution in [2.75, 3.05) is 12.4 Å². The smallest absolute Gasteiger partial charge is 0.266 e. The molecule has 0 fully saturated rings. The number of aromatic nitrogens is 1. The average molecular weight is 436 g/mol. The van der Waals surface area contributed by atoms with Crippen LogP contribution >= 0.6 is 11.3 Å². The minimum absolute atomic E-state index is 0.0261. The number of nitrogens with zero attached hydrogens (tertiary/aromatic N) is 1. The van der Waals surface area contributed by atoms with Gasteiger partial charge in [0, 0.05) is 10.9 Å². The maximum atomic E-state index is 13.2. The molecule has 0 spiro atoms. The Bertz CT molecular complexity index is 1290. The second-order valence-electron chi connectivity index (χ2n) is 6.86. The number of fused-ring (bicyclic) bond motifs is 1. The van der Waals surface area contributed by atoms with Crippen LogP contribution < -0.4 is 20.2 Å². The molecule has 2 heterocycles. The largest absolute Gasteiger partial charge is 0.497 e. The van der Waals surface area contributed by atoms with Crippen molar-refractivity contribution in [2.45, 2.75) is 20.0 Å². The molecule has 0 aliphatic rings. The number of aryl methyl sites for hydroxylation is 1. The molecular weight excluding hydrogens is 416 g/mol. The molecule has 1 amide bonds. The van der Waals surface area contributed by atoms with Gasteiger partial charge in [-0.2, -0.15) is 0 Å². The minimum atomic E-state index is -0.953. The lowest BCUT2D eigenvalue weighted by atomic mass is 10.1. The monoisotopic (exact) mass is 436 g/mol. The van der Waals surface area contributed by atoms with Crippen LogP contribution in [0.5, 0.6) is 11.5 Å². The van der Waals surface area contributed by atoms with E-state index in [1.807, 2.05) is 12.3 Å². The zero-order valence-corrected chi connectivity index (χ0v) is 18.0. The first-order valence-corrected chi connectivity index (χ1v) is 10.4. The number of carbonyl (C=O) groups excluding carboxylic acids is 1. The minimum Gasteiger partial charge on any atom is -0.497 e. The van der Waals surface area contributed by atoms with E-state index < -0.39 is 12.0 Å². The topological polar surface area (TPSA) is 90.7 Å². The van der Waals surface area contributed by atoms with Gasteiger partial charge in [-0.05, 0) is 50.2 Å². The Hall–Kier alpha value is -3.65. The van der Waals surface area contributed by atoms with Gasteiger partial charge < -0.3 is 13.9 Å². The number of carbonyl (C=O) groups is 1. The lowest BCUT2D eigenvalue weighted by Gasteiger charge is -2.16. The molecule has 2 aromatic carbocycles. The van der Waals surface area contributed by atoms with Crippen LogP contribution in [0.15, 0.2) is 63.1 Å². The number of para-hydroxylation sites is 1. The lowest BCUT2D eigenvalue weighted by Crippen LogP contribution is -2.31. The van der Waals surface area contributed by atoms with Gasteiger partial charge in [-0.1, -0.05) is 12.1 Å². The molecule has 31 heavy (non-hydrogen) atoms. The number of benzene rings is 2. The summed E-state index contributed by atoms with van der Waals surface area (Å²) in [6.07, 6.45) is -0.953. The number of ether oxygens (including phenoxy) is 2. The van der Waals surface area contributed by atoms with E-state index in [9.17, 15) is 9.59 Å². The normalized spacial score (nSPS) is 11.8. The second kappa shape index (κ2) is 8.61. The molecule has 4 rings (SSSR count). The Balaban J connectivity index is 1.73. The molecule has 1 unspecified atom stereocenters. The van der Waals surface area contributed by atoms with Crippen LogP contribution in [0.3, 0.4) is 0 Å². The number of amides is 1. The van der Waals surface area contributed by atoms with Gasteiger partial charge in [0.15, 0.2) is 17.0 Å². The van der Waals surface area contributed by atoms with Gasteiger partial charge in [0.05, 0.1) is 18.2 Å². The summed E-state index contributed by atoms with van der Waals surface area (Å²) >= 11 is 1.32. The summed E-state index contributed by atoms with van der Waals surface area (Å²) < 4.78 is 17.1. The number of hydrogen-bond donors (Lipinski definition) is 1. The fourth-order valence-corrected chi connectivity index (χ4v) is 3.70. The van der Waals surface area contributed by atoms with Gasteiger partial charge in [-0.15, -0.1) is 11.3 Å². The Morgan fingerprint density at radius 2 is 1.90 bits per heavy atom. The summed E-state index contributed by atoms with van der Waals surface area (Å²) in [4.78, 5) is 30.0. The zero-order valence-electron chi connectivity index (χ0n) is 17.2. The summed E-state index contributed by atoms with van der Waals surface area (Å²) in [5, 5.41) is 5.39. The molecule has 1 N–H and O–H groups in total. The maximum Gasteiger partial charge on any atom is 0.266 e. The molecular formula is C23H20N2O5S. The molecule has 0 radical (unpaired) electrons. The van der Waals surface area contributed by atoms with Gasteiger partial charge in [-0.25, -0.2) is 4.98 Å². The fourth-order valence-electron chi connectivity index (χ4n) is 3.01. The number of hydrogen-bond acceptors (Lipinski definition) is 7. The third-order valence-electron chi connectivity index (χ3n) is 4.62. The van der Waals surface area contributed by atoms with Gasteiger partial charge in [0.1, 0.15) is 11.3 Å². The number of nitrogens with one attached hydrogen (secondary N) is 1. The standard InChI is InChI=1S/C23H20N2O5S/c1-13-12-31-23(24-13)25-22(27)14(2)29-21-19(26)17-6-4-5-7-18(17)30-20(21)15-8-10-16(28-3)11-9-15/h4-12,14H,1-3H3,(H,24,25,27). The summed E-state index contributed by atoms with van der Waals surface area (Å²) in [5.74, 6) is 0.473. The van der Waals surface area contributed by atoms with Crippen molar-refractivity contribution in [3.8, 4) is 22.8 Å². The number of anilines is 1. The van der Waals surface area contributed by atoms with Crippen molar-refractivity contribution >= 4 is 33.3 Å². The van der Waals surface area contributed by atoms with E-state index in [1.54, 1.807) is 62.6 Å². The molecule has 0 saturated heterocycles. The molecule has 8 heteroatoms. The highest BCUT2D eigenvalue weighted by atomic mass is 32.1. The van der Waals surface area contributed by atoms with Gasteiger partial charge in [-0.3, -0.25) is 14.9 Å². The zero-order chi connectivity index (χ0) is 22.0. The first-order chi connectivity index (χ1) is 15.0. The van der Waals surface area contributed by atoms with Crippen molar-refractivity contribution in [2.24, 2.45) is 0 Å². The van der Waals surface area contributed by atoms with Crippen molar-refractivity contribution in [3.05, 3.63) is 69.8 Å². The van der Waals surface area contributed by atoms with E-state index in [-0.39, 0.29) is 16.9 Å². The van der Waals surface area contributed by atoms with E-state index in [0.717, 1.165) is 5.69 Å². The van der Waals surface area contributed by atoms with Crippen LogP contribution in [0.1, 0.15) is 12.6 Å². The van der Waals surface area contributed by atoms with E-state index in [4.69, 9.17) is 13.9 Å². The van der Waals surface area contributed by atoms with E-state index in [1.165, 1.54) is 11.3 Å². The van der Waals surface area contributed by atoms with Crippen LogP contribution in [-0.4, -0.2) is 24.1 Å². The Morgan fingerprint density at radius 1 is 1.16 bits per heavy atom. The fraction of sp³-hybridized carbons (Fsp3) is 0.174. The van der Waals surface area contributed by atoms with Crippen LogP contribution in [0.25, 0.3) is 22.3 Å². The third-order valence-corrected chi connectivity index (χ3v) is 5.50. The quantitative estimate of drug-likeness (QED) is 0.474. The number of rotatable bonds is 6. The average Bonchev–Trinajstić information content (AvgIpc) is 3.20. The first-order valence-electron chi connectivity index (χ1n) is 9.56. The number of thiazole rings is 1. The van der Waals surface area contributed by atoms with E-state index in [2.05, 4.69) is 10.3 Å². The first kappa shape index (κ1) is 20.6. The van der Waals surface area contributed by atoms with Crippen LogP contribution in [0.2, 0.25) is 0 Å². The summed E-state index contributed by atoms with van der Waals surface area (Å²) in [6.45, 7) is 3.41. The van der Waals surface area contributed by atoms with Gasteiger partial charge in [0.25, 0.3) is 5.91 Å². The highest BCUT2D eigenvalue weighted by Gasteiger charge is 2.23. The van der Waals surface area contributed by atoms with Crippen molar-refractivity contribution in [1.82, 2.24) is 4.98 Å². The van der Waals surface area contributed by atoms with Crippen LogP contribution in [-0.2, 0) is 4.79 Å². The summed E-state index contributed by atoms with van der Waals surface area (Å²) in [7, 11) is 1.57. The van der Waals surface area contributed by atoms with Gasteiger partial charge >= 0.3 is 0 Å². The molecule has 1 atom stereocenters. The van der Waals surface area contributed by atoms with Crippen molar-refractivity contribution < 1.29 is 18.7 Å². The lowest BCUT2D eigenvalue weighted by molar-refractivity contribution is -0.122. The second-order valence-corrected chi connectivity index (χ2v) is 7.72. The van der Waals surface area contributed by atoms with Crippen molar-refractivity contribution in [3.63, 3.8) is 0 Å². The Labute approximate surface area is 182 Å². The molecule has 158 valence electrons. The van der Waals surface area contributed by atoms with Crippen LogP contribution in [0, 0.1) is 6.92 Å². The highest BCUT2D eigenvalue weighted by Crippen LogP contribution is 2.32. The number of methoxy groups -OCH3 is 1. The van der Waals surface area contributed by atoms with E-state index >= 15 is 0 Å². The molecule has 7 nitrogen and oxygen atoms in total. The van der Waals surface area contributed by atoms with Crippen molar-refractivity contribution in [1.29, 1.82) is 0 Å². The SMILES string of the molecule is COc1ccc(-c2oc3ccccc3c(=O)c2OC(C)C(=O)Nc2nc(C)cs2)cc1. The summed E-state index contributed by atoms with van der Waals surface area (Å²) in [5.41, 5.74) is 1.52. The highest BCUT2D eigenvalue weighted by molar-refractivity contribution is 7.13.